The molecule has 2 aromatic rings. The smallest absolute Gasteiger partial charge is 0.115 e. The second-order valence-corrected chi connectivity index (χ2v) is 4.68. The number of hydrogen-bond acceptors (Lipinski definition) is 2. The summed E-state index contributed by atoms with van der Waals surface area (Å²) >= 11 is 0. The van der Waals surface area contributed by atoms with E-state index in [-0.39, 0.29) is 0 Å². The van der Waals surface area contributed by atoms with Gasteiger partial charge in [-0.1, -0.05) is 42.0 Å². The van der Waals surface area contributed by atoms with Gasteiger partial charge in [-0.25, -0.2) is 0 Å². The molecule has 0 bridgehead atoms. The van der Waals surface area contributed by atoms with Gasteiger partial charge in [-0.05, 0) is 37.1 Å². The maximum Gasteiger partial charge on any atom is 0.115 e. The van der Waals surface area contributed by atoms with Crippen LogP contribution in [-0.4, -0.2) is 5.11 Å². The molecule has 0 aliphatic heterocycles. The standard InChI is InChI=1S/C16H19NO/c1-12-3-7-15(8-4-12)13(2)17-11-14-5-9-16(18)10-6-14/h3-10,13,17-18H,11H2,1-2H3/t13-/m1/s1. The molecular weight excluding hydrogens is 222 g/mol. The fraction of sp³-hybridized carbons (Fsp3) is 0.250. The van der Waals surface area contributed by atoms with Gasteiger partial charge in [-0.15, -0.1) is 0 Å². The molecule has 2 N–H and O–H groups in total. The third-order valence-electron chi connectivity index (χ3n) is 3.13. The van der Waals surface area contributed by atoms with Crippen LogP contribution in [0.4, 0.5) is 0 Å². The average molecular weight is 241 g/mol. The lowest BCUT2D eigenvalue weighted by Gasteiger charge is -2.14. The number of aromatic hydroxyl groups is 1. The average Bonchev–Trinajstić information content (AvgIpc) is 2.38. The molecule has 0 spiro atoms. The Labute approximate surface area is 108 Å². The van der Waals surface area contributed by atoms with Crippen LogP contribution in [0.5, 0.6) is 5.75 Å². The minimum Gasteiger partial charge on any atom is -0.508 e. The summed E-state index contributed by atoms with van der Waals surface area (Å²) in [5, 5.41) is 12.7. The molecule has 2 nitrogen and oxygen atoms in total. The SMILES string of the molecule is Cc1ccc([C@@H](C)NCc2ccc(O)cc2)cc1. The topological polar surface area (TPSA) is 32.3 Å². The van der Waals surface area contributed by atoms with E-state index in [4.69, 9.17) is 0 Å². The van der Waals surface area contributed by atoms with Gasteiger partial charge in [0.2, 0.25) is 0 Å². The van der Waals surface area contributed by atoms with Crippen LogP contribution in [0.25, 0.3) is 0 Å². The number of benzene rings is 2. The monoisotopic (exact) mass is 241 g/mol. The molecule has 2 aromatic carbocycles. The van der Waals surface area contributed by atoms with Crippen LogP contribution in [-0.2, 0) is 6.54 Å². The van der Waals surface area contributed by atoms with Crippen molar-refractivity contribution in [2.75, 3.05) is 0 Å². The molecule has 18 heavy (non-hydrogen) atoms. The van der Waals surface area contributed by atoms with E-state index >= 15 is 0 Å². The summed E-state index contributed by atoms with van der Waals surface area (Å²) in [6.07, 6.45) is 0. The molecule has 0 amide bonds. The Morgan fingerprint density at radius 2 is 1.61 bits per heavy atom. The summed E-state index contributed by atoms with van der Waals surface area (Å²) in [7, 11) is 0. The molecule has 0 heterocycles. The molecule has 0 saturated carbocycles. The van der Waals surface area contributed by atoms with Crippen molar-refractivity contribution in [1.82, 2.24) is 5.32 Å². The van der Waals surface area contributed by atoms with Gasteiger partial charge in [0.1, 0.15) is 5.75 Å². The van der Waals surface area contributed by atoms with E-state index in [0.717, 1.165) is 6.54 Å². The molecule has 2 heteroatoms. The Morgan fingerprint density at radius 1 is 1.00 bits per heavy atom. The molecule has 1 atom stereocenters. The number of nitrogens with one attached hydrogen (secondary N) is 1. The fourth-order valence-electron chi connectivity index (χ4n) is 1.86. The van der Waals surface area contributed by atoms with Crippen molar-refractivity contribution in [3.8, 4) is 5.75 Å². The molecule has 0 aliphatic rings. The third kappa shape index (κ3) is 3.34. The van der Waals surface area contributed by atoms with Crippen molar-refractivity contribution in [2.24, 2.45) is 0 Å². The molecule has 94 valence electrons. The van der Waals surface area contributed by atoms with Crippen LogP contribution in [0.1, 0.15) is 29.7 Å². The number of hydrogen-bond donors (Lipinski definition) is 2. The fourth-order valence-corrected chi connectivity index (χ4v) is 1.86. The van der Waals surface area contributed by atoms with Gasteiger partial charge in [-0.2, -0.15) is 0 Å². The zero-order valence-corrected chi connectivity index (χ0v) is 10.9. The van der Waals surface area contributed by atoms with E-state index in [1.807, 2.05) is 12.1 Å². The van der Waals surface area contributed by atoms with Crippen LogP contribution in [0.3, 0.4) is 0 Å². The van der Waals surface area contributed by atoms with Gasteiger partial charge in [0.15, 0.2) is 0 Å². The Bertz CT molecular complexity index is 488. The first-order valence-corrected chi connectivity index (χ1v) is 6.23. The van der Waals surface area contributed by atoms with E-state index in [1.54, 1.807) is 12.1 Å². The van der Waals surface area contributed by atoms with E-state index in [0.29, 0.717) is 11.8 Å². The predicted octanol–water partition coefficient (Wildman–Crippen LogP) is 3.55. The van der Waals surface area contributed by atoms with Gasteiger partial charge in [-0.3, -0.25) is 0 Å². The largest absolute Gasteiger partial charge is 0.508 e. The van der Waals surface area contributed by atoms with Crippen LogP contribution in [0, 0.1) is 6.92 Å². The number of aryl methyl sites for hydroxylation is 1. The Balaban J connectivity index is 1.93. The highest BCUT2D eigenvalue weighted by atomic mass is 16.3. The lowest BCUT2D eigenvalue weighted by molar-refractivity contribution is 0.474. The number of rotatable bonds is 4. The molecule has 0 aromatic heterocycles. The highest BCUT2D eigenvalue weighted by molar-refractivity contribution is 5.27. The highest BCUT2D eigenvalue weighted by Gasteiger charge is 2.04. The minimum absolute atomic E-state index is 0.310. The zero-order chi connectivity index (χ0) is 13.0. The molecule has 0 fully saturated rings. The summed E-state index contributed by atoms with van der Waals surface area (Å²) in [6, 6.07) is 16.2. The highest BCUT2D eigenvalue weighted by Crippen LogP contribution is 2.15. The Morgan fingerprint density at radius 3 is 2.22 bits per heavy atom. The summed E-state index contributed by atoms with van der Waals surface area (Å²) in [4.78, 5) is 0. The van der Waals surface area contributed by atoms with Crippen LogP contribution >= 0.6 is 0 Å². The van der Waals surface area contributed by atoms with Gasteiger partial charge < -0.3 is 10.4 Å². The van der Waals surface area contributed by atoms with E-state index in [9.17, 15) is 5.11 Å². The van der Waals surface area contributed by atoms with Crippen LogP contribution in [0.15, 0.2) is 48.5 Å². The maximum atomic E-state index is 9.22. The minimum atomic E-state index is 0.310. The van der Waals surface area contributed by atoms with Gasteiger partial charge >= 0.3 is 0 Å². The maximum absolute atomic E-state index is 9.22. The summed E-state index contributed by atoms with van der Waals surface area (Å²) in [6.45, 7) is 5.05. The first-order chi connectivity index (χ1) is 8.65. The Kier molecular flexibility index (Phi) is 4.00. The first-order valence-electron chi connectivity index (χ1n) is 6.23. The van der Waals surface area contributed by atoms with Crippen molar-refractivity contribution in [3.05, 3.63) is 65.2 Å². The van der Waals surface area contributed by atoms with Crippen LogP contribution in [0.2, 0.25) is 0 Å². The van der Waals surface area contributed by atoms with Crippen molar-refractivity contribution in [2.45, 2.75) is 26.4 Å². The zero-order valence-electron chi connectivity index (χ0n) is 10.9. The number of phenols is 1. The second kappa shape index (κ2) is 5.69. The summed E-state index contributed by atoms with van der Waals surface area (Å²) < 4.78 is 0. The quantitative estimate of drug-likeness (QED) is 0.858. The summed E-state index contributed by atoms with van der Waals surface area (Å²) in [5.74, 6) is 0.310. The second-order valence-electron chi connectivity index (χ2n) is 4.68. The molecule has 2 rings (SSSR count). The predicted molar refractivity (Wildman–Crippen MR) is 74.5 cm³/mol. The van der Waals surface area contributed by atoms with Crippen molar-refractivity contribution >= 4 is 0 Å². The van der Waals surface area contributed by atoms with Crippen molar-refractivity contribution in [3.63, 3.8) is 0 Å². The molecule has 0 aliphatic carbocycles. The molecule has 0 radical (unpaired) electrons. The molecule has 0 unspecified atom stereocenters. The van der Waals surface area contributed by atoms with Crippen molar-refractivity contribution in [1.29, 1.82) is 0 Å². The number of phenolic OH excluding ortho intramolecular Hbond substituents is 1. The first kappa shape index (κ1) is 12.7. The van der Waals surface area contributed by atoms with Gasteiger partial charge in [0.05, 0.1) is 0 Å². The Hall–Kier alpha value is -1.80. The third-order valence-corrected chi connectivity index (χ3v) is 3.13. The van der Waals surface area contributed by atoms with Crippen LogP contribution < -0.4 is 5.32 Å². The van der Waals surface area contributed by atoms with Gasteiger partial charge in [0.25, 0.3) is 0 Å². The lowest BCUT2D eigenvalue weighted by atomic mass is 10.1. The van der Waals surface area contributed by atoms with E-state index < -0.39 is 0 Å². The van der Waals surface area contributed by atoms with Gasteiger partial charge in [0, 0.05) is 12.6 Å². The van der Waals surface area contributed by atoms with Crippen molar-refractivity contribution < 1.29 is 5.11 Å². The van der Waals surface area contributed by atoms with E-state index in [2.05, 4.69) is 43.4 Å². The van der Waals surface area contributed by atoms with E-state index in [1.165, 1.54) is 16.7 Å². The summed E-state index contributed by atoms with van der Waals surface area (Å²) in [5.41, 5.74) is 3.75. The lowest BCUT2D eigenvalue weighted by Crippen LogP contribution is -2.17. The molecular formula is C16H19NO. The molecule has 0 saturated heterocycles. The normalized spacial score (nSPS) is 12.3.